The molecular formula is C18H27NO2. The highest BCUT2D eigenvalue weighted by Crippen LogP contribution is 2.37. The average Bonchev–Trinajstić information content (AvgIpc) is 2.93. The van der Waals surface area contributed by atoms with Crippen LogP contribution in [0.3, 0.4) is 0 Å². The Labute approximate surface area is 128 Å². The maximum atomic E-state index is 11.5. The molecule has 1 heterocycles. The number of hydrogen-bond acceptors (Lipinski definition) is 3. The number of carbonyl (C=O) groups excluding carboxylic acids is 1. The summed E-state index contributed by atoms with van der Waals surface area (Å²) in [6.07, 6.45) is 4.17. The molecule has 1 aliphatic rings. The van der Waals surface area contributed by atoms with Crippen molar-refractivity contribution >= 4 is 5.97 Å². The molecule has 1 aromatic carbocycles. The van der Waals surface area contributed by atoms with Gasteiger partial charge in [-0.05, 0) is 42.3 Å². The fraction of sp³-hybridized carbons (Fsp3) is 0.611. The van der Waals surface area contributed by atoms with Crippen LogP contribution in [0.1, 0.15) is 44.2 Å². The molecule has 0 atom stereocenters. The quantitative estimate of drug-likeness (QED) is 0.752. The minimum Gasteiger partial charge on any atom is -0.469 e. The summed E-state index contributed by atoms with van der Waals surface area (Å²) in [5.74, 6) is -0.166. The Morgan fingerprint density at radius 2 is 1.90 bits per heavy atom. The molecule has 0 unspecified atom stereocenters. The van der Waals surface area contributed by atoms with Gasteiger partial charge in [0.05, 0.1) is 13.5 Å². The van der Waals surface area contributed by atoms with Crippen molar-refractivity contribution in [2.45, 2.75) is 46.1 Å². The second-order valence-corrected chi connectivity index (χ2v) is 6.19. The van der Waals surface area contributed by atoms with Gasteiger partial charge in [0, 0.05) is 13.1 Å². The van der Waals surface area contributed by atoms with E-state index in [-0.39, 0.29) is 5.97 Å². The molecule has 0 radical (unpaired) electrons. The third-order valence-corrected chi connectivity index (χ3v) is 5.09. The van der Waals surface area contributed by atoms with Gasteiger partial charge < -0.3 is 4.74 Å². The maximum Gasteiger partial charge on any atom is 0.309 e. The Morgan fingerprint density at radius 1 is 1.24 bits per heavy atom. The molecule has 0 amide bonds. The molecule has 0 bridgehead atoms. The van der Waals surface area contributed by atoms with Gasteiger partial charge in [0.1, 0.15) is 0 Å². The van der Waals surface area contributed by atoms with Crippen molar-refractivity contribution < 1.29 is 9.53 Å². The molecule has 21 heavy (non-hydrogen) atoms. The minimum atomic E-state index is -0.166. The Bertz CT molecular complexity index is 480. The first-order chi connectivity index (χ1) is 10.1. The highest BCUT2D eigenvalue weighted by atomic mass is 16.5. The van der Waals surface area contributed by atoms with E-state index in [2.05, 4.69) is 30.9 Å². The van der Waals surface area contributed by atoms with Crippen molar-refractivity contribution in [2.24, 2.45) is 5.41 Å². The lowest BCUT2D eigenvalue weighted by molar-refractivity contribution is -0.139. The third kappa shape index (κ3) is 3.85. The van der Waals surface area contributed by atoms with Crippen molar-refractivity contribution in [2.75, 3.05) is 20.2 Å². The van der Waals surface area contributed by atoms with Gasteiger partial charge in [0.15, 0.2) is 0 Å². The Hall–Kier alpha value is -1.35. The Balaban J connectivity index is 2.05. The van der Waals surface area contributed by atoms with Crippen molar-refractivity contribution in [3.05, 3.63) is 35.4 Å². The Kier molecular flexibility index (Phi) is 5.40. The number of nitrogens with zero attached hydrogens (tertiary/aromatic N) is 1. The van der Waals surface area contributed by atoms with Crippen LogP contribution in [0.5, 0.6) is 0 Å². The number of methoxy groups -OCH3 is 1. The summed E-state index contributed by atoms with van der Waals surface area (Å²) in [5, 5.41) is 0. The third-order valence-electron chi connectivity index (χ3n) is 5.09. The molecule has 116 valence electrons. The van der Waals surface area contributed by atoms with Gasteiger partial charge in [-0.2, -0.15) is 0 Å². The van der Waals surface area contributed by atoms with E-state index in [4.69, 9.17) is 4.74 Å². The number of rotatable bonds is 6. The lowest BCUT2D eigenvalue weighted by Crippen LogP contribution is -2.26. The predicted molar refractivity (Wildman–Crippen MR) is 85.1 cm³/mol. The Morgan fingerprint density at radius 3 is 2.48 bits per heavy atom. The van der Waals surface area contributed by atoms with Crippen LogP contribution in [0.2, 0.25) is 0 Å². The molecule has 0 saturated carbocycles. The minimum absolute atomic E-state index is 0.166. The van der Waals surface area contributed by atoms with Crippen LogP contribution in [-0.4, -0.2) is 31.1 Å². The zero-order valence-corrected chi connectivity index (χ0v) is 13.5. The van der Waals surface area contributed by atoms with Crippen molar-refractivity contribution in [1.29, 1.82) is 0 Å². The summed E-state index contributed by atoms with van der Waals surface area (Å²) < 4.78 is 4.79. The molecule has 1 saturated heterocycles. The SMILES string of the molecule is CCC1(CC)CCN(Cc2ccccc2CC(=O)OC)C1. The van der Waals surface area contributed by atoms with Crippen LogP contribution in [0.4, 0.5) is 0 Å². The number of likely N-dealkylation sites (tertiary alicyclic amines) is 1. The van der Waals surface area contributed by atoms with E-state index >= 15 is 0 Å². The first-order valence-corrected chi connectivity index (χ1v) is 7.98. The van der Waals surface area contributed by atoms with Gasteiger partial charge in [-0.3, -0.25) is 9.69 Å². The molecule has 3 nitrogen and oxygen atoms in total. The van der Waals surface area contributed by atoms with E-state index in [0.29, 0.717) is 11.8 Å². The zero-order valence-electron chi connectivity index (χ0n) is 13.5. The first kappa shape index (κ1) is 16.0. The molecule has 1 fully saturated rings. The summed E-state index contributed by atoms with van der Waals surface area (Å²) in [5.41, 5.74) is 2.85. The molecule has 0 aliphatic carbocycles. The average molecular weight is 289 g/mol. The van der Waals surface area contributed by atoms with E-state index in [1.165, 1.54) is 38.5 Å². The number of carbonyl (C=O) groups is 1. The smallest absolute Gasteiger partial charge is 0.309 e. The van der Waals surface area contributed by atoms with Gasteiger partial charge in [-0.1, -0.05) is 38.1 Å². The first-order valence-electron chi connectivity index (χ1n) is 7.98. The highest BCUT2D eigenvalue weighted by Gasteiger charge is 2.34. The fourth-order valence-corrected chi connectivity index (χ4v) is 3.34. The largest absolute Gasteiger partial charge is 0.469 e. The predicted octanol–water partition coefficient (Wildman–Crippen LogP) is 3.41. The van der Waals surface area contributed by atoms with Crippen LogP contribution in [0.25, 0.3) is 0 Å². The lowest BCUT2D eigenvalue weighted by Gasteiger charge is -2.26. The standard InChI is InChI=1S/C18H27NO2/c1-4-18(5-2)10-11-19(14-18)13-16-9-7-6-8-15(16)12-17(20)21-3/h6-9H,4-5,10-14H2,1-3H3. The fourth-order valence-electron chi connectivity index (χ4n) is 3.34. The second kappa shape index (κ2) is 7.08. The van der Waals surface area contributed by atoms with Gasteiger partial charge in [0.25, 0.3) is 0 Å². The van der Waals surface area contributed by atoms with E-state index in [9.17, 15) is 4.79 Å². The van der Waals surface area contributed by atoms with E-state index in [1.54, 1.807) is 0 Å². The highest BCUT2D eigenvalue weighted by molar-refractivity contribution is 5.72. The monoisotopic (exact) mass is 289 g/mol. The normalized spacial score (nSPS) is 17.9. The van der Waals surface area contributed by atoms with Gasteiger partial charge >= 0.3 is 5.97 Å². The van der Waals surface area contributed by atoms with Crippen LogP contribution < -0.4 is 0 Å². The zero-order chi connectivity index (χ0) is 15.3. The summed E-state index contributed by atoms with van der Waals surface area (Å²) in [6.45, 7) is 7.88. The molecule has 3 heteroatoms. The van der Waals surface area contributed by atoms with Gasteiger partial charge in [-0.15, -0.1) is 0 Å². The van der Waals surface area contributed by atoms with Crippen LogP contribution in [0, 0.1) is 5.41 Å². The molecule has 0 N–H and O–H groups in total. The maximum absolute atomic E-state index is 11.5. The van der Waals surface area contributed by atoms with Crippen molar-refractivity contribution in [1.82, 2.24) is 4.90 Å². The molecule has 0 aromatic heterocycles. The molecule has 1 aliphatic heterocycles. The molecule has 0 spiro atoms. The van der Waals surface area contributed by atoms with Crippen molar-refractivity contribution in [3.8, 4) is 0 Å². The number of esters is 1. The summed E-state index contributed by atoms with van der Waals surface area (Å²) >= 11 is 0. The van der Waals surface area contributed by atoms with Crippen LogP contribution in [0.15, 0.2) is 24.3 Å². The van der Waals surface area contributed by atoms with Crippen LogP contribution >= 0.6 is 0 Å². The molecule has 2 rings (SSSR count). The number of ether oxygens (including phenoxy) is 1. The van der Waals surface area contributed by atoms with Crippen molar-refractivity contribution in [3.63, 3.8) is 0 Å². The second-order valence-electron chi connectivity index (χ2n) is 6.19. The lowest BCUT2D eigenvalue weighted by atomic mass is 9.82. The topological polar surface area (TPSA) is 29.5 Å². The van der Waals surface area contributed by atoms with E-state index in [1.807, 2.05) is 12.1 Å². The summed E-state index contributed by atoms with van der Waals surface area (Å²) in [7, 11) is 1.45. The van der Waals surface area contributed by atoms with Gasteiger partial charge in [0.2, 0.25) is 0 Å². The van der Waals surface area contributed by atoms with Gasteiger partial charge in [-0.25, -0.2) is 0 Å². The molecule has 1 aromatic rings. The number of benzene rings is 1. The van der Waals surface area contributed by atoms with E-state index in [0.717, 1.165) is 18.7 Å². The summed E-state index contributed by atoms with van der Waals surface area (Å²) in [4.78, 5) is 14.1. The van der Waals surface area contributed by atoms with Crippen LogP contribution in [-0.2, 0) is 22.5 Å². The molecular weight excluding hydrogens is 262 g/mol. The van der Waals surface area contributed by atoms with E-state index < -0.39 is 0 Å². The summed E-state index contributed by atoms with van der Waals surface area (Å²) in [6, 6.07) is 8.22. The number of hydrogen-bond donors (Lipinski definition) is 0.